The first-order chi connectivity index (χ1) is 20.0. The number of hydrogen-bond acceptors (Lipinski definition) is 12. The normalized spacial score (nSPS) is 24.0. The lowest BCUT2D eigenvalue weighted by molar-refractivity contribution is -0.177. The number of aliphatic hydroxyl groups is 6. The van der Waals surface area contributed by atoms with Crippen LogP contribution in [-0.2, 0) is 28.6 Å². The maximum atomic E-state index is 13.0. The highest BCUT2D eigenvalue weighted by Crippen LogP contribution is 2.19. The van der Waals surface area contributed by atoms with Gasteiger partial charge in [0.1, 0.15) is 48.8 Å². The highest BCUT2D eigenvalue weighted by Gasteiger charge is 2.40. The standard InChI is InChI=1S/C29H50N2O12/c1-15(2)8-12-19(32)21(34)23(36)25(41-6)27(38)30-18-11-10-17(14-31(5)28(18)39)43-29(40)26(42-7)24(37)22(35)20(33)13-9-16(3)4/h8-9,12-13,15-26,32-37H,10-11,14H2,1-7H3,(H,30,38)/b12-8+,13-9+/t17-,18-,19+,20-,21-,22+,23+,24-,25+,26-/m0/s1. The van der Waals surface area contributed by atoms with E-state index in [1.807, 2.05) is 27.7 Å². The number of amides is 2. The Bertz CT molecular complexity index is 942. The first kappa shape index (κ1) is 38.6. The minimum atomic E-state index is -1.83. The van der Waals surface area contributed by atoms with Gasteiger partial charge in [-0.05, 0) is 24.7 Å². The van der Waals surface area contributed by atoms with E-state index in [0.717, 1.165) is 14.2 Å². The molecule has 1 saturated heterocycles. The summed E-state index contributed by atoms with van der Waals surface area (Å²) in [4.78, 5) is 40.0. The van der Waals surface area contributed by atoms with Crippen LogP contribution in [0.4, 0.5) is 0 Å². The number of methoxy groups -OCH3 is 2. The maximum absolute atomic E-state index is 13.0. The zero-order valence-corrected chi connectivity index (χ0v) is 25.9. The van der Waals surface area contributed by atoms with Crippen molar-refractivity contribution in [2.75, 3.05) is 27.8 Å². The van der Waals surface area contributed by atoms with Crippen molar-refractivity contribution in [1.29, 1.82) is 0 Å². The van der Waals surface area contributed by atoms with Crippen LogP contribution in [0.25, 0.3) is 0 Å². The summed E-state index contributed by atoms with van der Waals surface area (Å²) in [6.45, 7) is 7.36. The van der Waals surface area contributed by atoms with E-state index in [4.69, 9.17) is 14.2 Å². The number of carbonyl (C=O) groups is 3. The molecule has 0 saturated carbocycles. The largest absolute Gasteiger partial charge is 0.458 e. The molecule has 14 heteroatoms. The Balaban J connectivity index is 2.89. The van der Waals surface area contributed by atoms with Gasteiger partial charge in [0, 0.05) is 21.3 Å². The Morgan fingerprint density at radius 2 is 1.26 bits per heavy atom. The third kappa shape index (κ3) is 11.9. The van der Waals surface area contributed by atoms with Gasteiger partial charge in [-0.15, -0.1) is 0 Å². The summed E-state index contributed by atoms with van der Waals surface area (Å²) in [5.74, 6) is -2.30. The molecule has 1 aliphatic heterocycles. The molecule has 248 valence electrons. The molecular weight excluding hydrogens is 568 g/mol. The van der Waals surface area contributed by atoms with E-state index >= 15 is 0 Å². The number of esters is 1. The third-order valence-electron chi connectivity index (χ3n) is 6.93. The van der Waals surface area contributed by atoms with Crippen LogP contribution in [0.1, 0.15) is 40.5 Å². The van der Waals surface area contributed by atoms with E-state index < -0.39 is 78.8 Å². The minimum Gasteiger partial charge on any atom is -0.458 e. The monoisotopic (exact) mass is 618 g/mol. The van der Waals surface area contributed by atoms with Gasteiger partial charge in [-0.1, -0.05) is 52.0 Å². The number of allylic oxidation sites excluding steroid dienone is 2. The van der Waals surface area contributed by atoms with E-state index in [9.17, 15) is 45.0 Å². The van der Waals surface area contributed by atoms with Crippen molar-refractivity contribution < 1.29 is 59.2 Å². The molecular formula is C29H50N2O12. The maximum Gasteiger partial charge on any atom is 0.338 e. The summed E-state index contributed by atoms with van der Waals surface area (Å²) in [5.41, 5.74) is 0. The summed E-state index contributed by atoms with van der Waals surface area (Å²) >= 11 is 0. The molecule has 0 bridgehead atoms. The number of likely N-dealkylation sites (N-methyl/N-ethyl adjacent to an activating group) is 1. The van der Waals surface area contributed by atoms with E-state index in [0.29, 0.717) is 0 Å². The molecule has 1 heterocycles. The number of hydrogen-bond donors (Lipinski definition) is 7. The van der Waals surface area contributed by atoms with Gasteiger partial charge in [-0.2, -0.15) is 0 Å². The lowest BCUT2D eigenvalue weighted by atomic mass is 10.00. The average molecular weight is 619 g/mol. The number of likely N-dealkylation sites (tertiary alicyclic amines) is 1. The fraction of sp³-hybridized carbons (Fsp3) is 0.759. The summed E-state index contributed by atoms with van der Waals surface area (Å²) in [7, 11) is 3.69. The average Bonchev–Trinajstić information content (AvgIpc) is 3.07. The Morgan fingerprint density at radius 3 is 1.70 bits per heavy atom. The highest BCUT2D eigenvalue weighted by atomic mass is 16.6. The molecule has 2 amide bonds. The van der Waals surface area contributed by atoms with Crippen LogP contribution in [0.15, 0.2) is 24.3 Å². The fourth-order valence-electron chi connectivity index (χ4n) is 4.38. The lowest BCUT2D eigenvalue weighted by Crippen LogP contribution is -2.55. The smallest absolute Gasteiger partial charge is 0.338 e. The molecule has 14 nitrogen and oxygen atoms in total. The summed E-state index contributed by atoms with van der Waals surface area (Å²) in [6, 6.07) is -1.09. The van der Waals surface area contributed by atoms with E-state index in [1.165, 1.54) is 24.1 Å². The molecule has 43 heavy (non-hydrogen) atoms. The van der Waals surface area contributed by atoms with Crippen LogP contribution in [0.3, 0.4) is 0 Å². The second-order valence-electron chi connectivity index (χ2n) is 11.4. The Kier molecular flexibility index (Phi) is 16.5. The van der Waals surface area contributed by atoms with Crippen LogP contribution in [0, 0.1) is 11.8 Å². The molecule has 1 fully saturated rings. The van der Waals surface area contributed by atoms with Crippen LogP contribution in [0.2, 0.25) is 0 Å². The van der Waals surface area contributed by atoms with E-state index in [1.54, 1.807) is 12.2 Å². The van der Waals surface area contributed by atoms with Crippen molar-refractivity contribution in [2.45, 2.75) is 102 Å². The van der Waals surface area contributed by atoms with Crippen LogP contribution in [-0.4, -0.2) is 142 Å². The number of nitrogens with zero attached hydrogens (tertiary/aromatic N) is 1. The number of aliphatic hydroxyl groups excluding tert-OH is 6. The van der Waals surface area contributed by atoms with Gasteiger partial charge in [0.05, 0.1) is 6.54 Å². The summed E-state index contributed by atoms with van der Waals surface area (Å²) < 4.78 is 15.6. The van der Waals surface area contributed by atoms with E-state index in [2.05, 4.69) is 5.32 Å². The van der Waals surface area contributed by atoms with Gasteiger partial charge >= 0.3 is 5.97 Å². The molecule has 0 unspecified atom stereocenters. The van der Waals surface area contributed by atoms with Gasteiger partial charge in [0.25, 0.3) is 5.91 Å². The van der Waals surface area contributed by atoms with Crippen LogP contribution >= 0.6 is 0 Å². The van der Waals surface area contributed by atoms with Crippen molar-refractivity contribution in [1.82, 2.24) is 10.2 Å². The Hall–Kier alpha value is -2.43. The zero-order chi connectivity index (χ0) is 33.0. The first-order valence-corrected chi connectivity index (χ1v) is 14.3. The first-order valence-electron chi connectivity index (χ1n) is 14.3. The van der Waals surface area contributed by atoms with Crippen molar-refractivity contribution >= 4 is 17.8 Å². The minimum absolute atomic E-state index is 0.0171. The number of rotatable bonds is 16. The van der Waals surface area contributed by atoms with Gasteiger partial charge in [0.15, 0.2) is 12.2 Å². The second kappa shape index (κ2) is 18.4. The van der Waals surface area contributed by atoms with Gasteiger partial charge < -0.3 is 55.1 Å². The van der Waals surface area contributed by atoms with E-state index in [-0.39, 0.29) is 31.2 Å². The molecule has 0 radical (unpaired) electrons. The summed E-state index contributed by atoms with van der Waals surface area (Å²) in [5, 5.41) is 64.5. The molecule has 10 atom stereocenters. The predicted molar refractivity (Wildman–Crippen MR) is 154 cm³/mol. The van der Waals surface area contributed by atoms with Gasteiger partial charge in [-0.3, -0.25) is 9.59 Å². The predicted octanol–water partition coefficient (Wildman–Crippen LogP) is -1.74. The van der Waals surface area contributed by atoms with Gasteiger partial charge in [-0.25, -0.2) is 4.79 Å². The van der Waals surface area contributed by atoms with Crippen LogP contribution < -0.4 is 5.32 Å². The fourth-order valence-corrected chi connectivity index (χ4v) is 4.38. The number of nitrogens with one attached hydrogen (secondary N) is 1. The third-order valence-corrected chi connectivity index (χ3v) is 6.93. The molecule has 0 aliphatic carbocycles. The highest BCUT2D eigenvalue weighted by molar-refractivity contribution is 5.89. The van der Waals surface area contributed by atoms with Gasteiger partial charge in [0.2, 0.25) is 5.91 Å². The van der Waals surface area contributed by atoms with Crippen molar-refractivity contribution in [3.05, 3.63) is 24.3 Å². The molecule has 0 spiro atoms. The van der Waals surface area contributed by atoms with Crippen molar-refractivity contribution in [2.24, 2.45) is 11.8 Å². The molecule has 1 rings (SSSR count). The topological polar surface area (TPSA) is 216 Å². The molecule has 7 N–H and O–H groups in total. The Labute approximate surface area is 252 Å². The van der Waals surface area contributed by atoms with Crippen molar-refractivity contribution in [3.63, 3.8) is 0 Å². The summed E-state index contributed by atoms with van der Waals surface area (Å²) in [6.07, 6.45) is -8.25. The Morgan fingerprint density at radius 1 is 0.791 bits per heavy atom. The molecule has 0 aromatic rings. The SMILES string of the molecule is CO[C@H](C(=O)O[C@H]1CC[C@H](NC(=O)[C@H](OC)[C@H](O)[C@@H](O)[C@H](O)/C=C/C(C)C)C(=O)N(C)C1)[C@@H](O)[C@H](O)[C@@H](O)/C=C/C(C)C. The zero-order valence-electron chi connectivity index (χ0n) is 25.9. The molecule has 1 aliphatic rings. The number of ether oxygens (including phenoxy) is 3. The van der Waals surface area contributed by atoms with Crippen LogP contribution in [0.5, 0.6) is 0 Å². The van der Waals surface area contributed by atoms with Crippen molar-refractivity contribution in [3.8, 4) is 0 Å². The lowest BCUT2D eigenvalue weighted by Gasteiger charge is -2.29. The molecule has 0 aromatic heterocycles. The molecule has 0 aromatic carbocycles. The quantitative estimate of drug-likeness (QED) is 0.0758. The second-order valence-corrected chi connectivity index (χ2v) is 11.4. The number of carbonyl (C=O) groups excluding carboxylic acids is 3.